The molecule has 0 unspecified atom stereocenters. The number of nitrogens with zero attached hydrogens (tertiary/aromatic N) is 2. The summed E-state index contributed by atoms with van der Waals surface area (Å²) in [6, 6.07) is 6.71. The molecule has 2 aromatic carbocycles. The van der Waals surface area contributed by atoms with Crippen molar-refractivity contribution < 1.29 is 19.2 Å². The lowest BCUT2D eigenvalue weighted by Gasteiger charge is -2.20. The number of benzene rings is 2. The van der Waals surface area contributed by atoms with Crippen LogP contribution in [0.5, 0.6) is 0 Å². The number of urea groups is 1. The van der Waals surface area contributed by atoms with Crippen LogP contribution in [0.4, 0.5) is 16.2 Å². The maximum absolute atomic E-state index is 12.7. The number of aromatic amines is 2. The summed E-state index contributed by atoms with van der Waals surface area (Å²) < 4.78 is 4.91. The molecule has 0 aliphatic rings. The van der Waals surface area contributed by atoms with Crippen LogP contribution in [0, 0.1) is 17.0 Å². The van der Waals surface area contributed by atoms with Gasteiger partial charge in [0.1, 0.15) is 0 Å². The van der Waals surface area contributed by atoms with Gasteiger partial charge in [0.2, 0.25) is 0 Å². The fourth-order valence-corrected chi connectivity index (χ4v) is 3.23. The summed E-state index contributed by atoms with van der Waals surface area (Å²) in [4.78, 5) is 64.8. The fourth-order valence-electron chi connectivity index (χ4n) is 3.23. The van der Waals surface area contributed by atoms with Gasteiger partial charge in [0.25, 0.3) is 5.69 Å². The van der Waals surface area contributed by atoms with Crippen LogP contribution < -0.4 is 16.4 Å². The lowest BCUT2D eigenvalue weighted by molar-refractivity contribution is -0.385. The molecule has 0 fully saturated rings. The minimum Gasteiger partial charge on any atom is -0.462 e. The number of nitro benzene ring substituents is 1. The predicted octanol–water partition coefficient (Wildman–Crippen LogP) is 2.27. The van der Waals surface area contributed by atoms with Crippen molar-refractivity contribution in [3.8, 4) is 0 Å². The van der Waals surface area contributed by atoms with Gasteiger partial charge in [0.05, 0.1) is 28.1 Å². The Hall–Kier alpha value is -4.48. The second-order valence-corrected chi connectivity index (χ2v) is 7.17. The molecule has 3 N–H and O–H groups in total. The van der Waals surface area contributed by atoms with Crippen LogP contribution in [0.2, 0.25) is 0 Å². The van der Waals surface area contributed by atoms with Crippen LogP contribution in [0.1, 0.15) is 28.4 Å². The molecular formula is C21H21N5O7. The molecule has 0 saturated carbocycles. The normalized spacial score (nSPS) is 10.6. The van der Waals surface area contributed by atoms with Crippen LogP contribution in [-0.2, 0) is 11.3 Å². The van der Waals surface area contributed by atoms with Crippen molar-refractivity contribution in [1.82, 2.24) is 14.9 Å². The Kier molecular flexibility index (Phi) is 6.56. The van der Waals surface area contributed by atoms with E-state index in [1.165, 1.54) is 43.1 Å². The first-order chi connectivity index (χ1) is 15.6. The highest BCUT2D eigenvalue weighted by Crippen LogP contribution is 2.28. The molecule has 3 rings (SSSR count). The Balaban J connectivity index is 1.88. The summed E-state index contributed by atoms with van der Waals surface area (Å²) in [5.74, 6) is -0.479. The molecule has 12 heteroatoms. The van der Waals surface area contributed by atoms with E-state index in [1.54, 1.807) is 6.92 Å². The number of amides is 2. The molecule has 0 spiro atoms. The molecule has 0 aliphatic carbocycles. The number of aromatic nitrogens is 2. The second-order valence-electron chi connectivity index (χ2n) is 7.17. The van der Waals surface area contributed by atoms with Gasteiger partial charge in [-0.2, -0.15) is 0 Å². The van der Waals surface area contributed by atoms with E-state index in [-0.39, 0.29) is 35.4 Å². The molecule has 0 saturated heterocycles. The van der Waals surface area contributed by atoms with Crippen molar-refractivity contribution in [2.24, 2.45) is 0 Å². The topological polar surface area (TPSA) is 167 Å². The number of anilines is 1. The van der Waals surface area contributed by atoms with E-state index in [0.717, 1.165) is 6.07 Å². The Morgan fingerprint density at radius 1 is 1.15 bits per heavy atom. The van der Waals surface area contributed by atoms with E-state index in [9.17, 15) is 29.3 Å². The number of fused-ring (bicyclic) bond motifs is 1. The minimum absolute atomic E-state index is 0.0789. The van der Waals surface area contributed by atoms with Crippen molar-refractivity contribution in [3.05, 3.63) is 77.8 Å². The third-order valence-corrected chi connectivity index (χ3v) is 4.97. The summed E-state index contributed by atoms with van der Waals surface area (Å²) in [6.07, 6.45) is 0. The van der Waals surface area contributed by atoms with Crippen molar-refractivity contribution in [2.45, 2.75) is 20.4 Å². The van der Waals surface area contributed by atoms with Gasteiger partial charge in [-0.15, -0.1) is 0 Å². The van der Waals surface area contributed by atoms with E-state index in [1.807, 2.05) is 0 Å². The zero-order chi connectivity index (χ0) is 24.3. The van der Waals surface area contributed by atoms with E-state index < -0.39 is 28.0 Å². The average molecular weight is 455 g/mol. The number of carbonyl (C=O) groups excluding carboxylic acids is 2. The summed E-state index contributed by atoms with van der Waals surface area (Å²) in [7, 11) is 1.47. The Morgan fingerprint density at radius 3 is 2.39 bits per heavy atom. The standard InChI is InChI=1S/C21H21N5O7/c1-4-33-20(29)12-5-7-13(8-6-12)22-21(30)25(3)10-14-11(2)16(26(31)32)9-15-17(14)24-19(28)18(27)23-15/h5-9H,4,10H2,1-3H3,(H,22,30)(H,23,27)(H,24,28). The quantitative estimate of drug-likeness (QED) is 0.222. The van der Waals surface area contributed by atoms with Crippen molar-refractivity contribution in [3.63, 3.8) is 0 Å². The highest BCUT2D eigenvalue weighted by molar-refractivity contribution is 5.92. The van der Waals surface area contributed by atoms with Gasteiger partial charge in [-0.3, -0.25) is 19.7 Å². The third kappa shape index (κ3) is 4.89. The molecule has 33 heavy (non-hydrogen) atoms. The monoisotopic (exact) mass is 455 g/mol. The van der Waals surface area contributed by atoms with Crippen molar-refractivity contribution in [1.29, 1.82) is 0 Å². The number of nitro groups is 1. The van der Waals surface area contributed by atoms with Gasteiger partial charge in [0.15, 0.2) is 0 Å². The number of hydrogen-bond donors (Lipinski definition) is 3. The smallest absolute Gasteiger partial charge is 0.338 e. The molecule has 1 aromatic heterocycles. The summed E-state index contributed by atoms with van der Waals surface area (Å²) in [5.41, 5.74) is -0.538. The van der Waals surface area contributed by atoms with Gasteiger partial charge in [0, 0.05) is 36.5 Å². The molecule has 1 heterocycles. The summed E-state index contributed by atoms with van der Waals surface area (Å²) in [5, 5.41) is 14.1. The number of hydrogen-bond acceptors (Lipinski definition) is 7. The van der Waals surface area contributed by atoms with Crippen molar-refractivity contribution >= 4 is 34.4 Å². The number of rotatable bonds is 6. The Morgan fingerprint density at radius 2 is 1.79 bits per heavy atom. The number of esters is 1. The fraction of sp³-hybridized carbons (Fsp3) is 0.238. The van der Waals surface area contributed by atoms with E-state index in [0.29, 0.717) is 16.8 Å². The first-order valence-corrected chi connectivity index (χ1v) is 9.84. The maximum atomic E-state index is 12.7. The molecule has 172 valence electrons. The first-order valence-electron chi connectivity index (χ1n) is 9.84. The van der Waals surface area contributed by atoms with E-state index >= 15 is 0 Å². The first kappa shape index (κ1) is 23.2. The lowest BCUT2D eigenvalue weighted by Crippen LogP contribution is -2.32. The number of ether oxygens (including phenoxy) is 1. The number of carbonyl (C=O) groups is 2. The molecule has 0 bridgehead atoms. The molecule has 2 amide bonds. The van der Waals surface area contributed by atoms with Crippen molar-refractivity contribution in [2.75, 3.05) is 19.0 Å². The molecule has 0 radical (unpaired) electrons. The predicted molar refractivity (Wildman–Crippen MR) is 119 cm³/mol. The molecule has 0 atom stereocenters. The lowest BCUT2D eigenvalue weighted by atomic mass is 10.0. The highest BCUT2D eigenvalue weighted by atomic mass is 16.6. The third-order valence-electron chi connectivity index (χ3n) is 4.97. The van der Waals surface area contributed by atoms with Crippen LogP contribution in [-0.4, -0.2) is 45.4 Å². The molecular weight excluding hydrogens is 434 g/mol. The molecule has 0 aliphatic heterocycles. The van der Waals surface area contributed by atoms with E-state index in [2.05, 4.69) is 15.3 Å². The highest BCUT2D eigenvalue weighted by Gasteiger charge is 2.22. The Bertz CT molecular complexity index is 1360. The average Bonchev–Trinajstić information content (AvgIpc) is 2.77. The zero-order valence-electron chi connectivity index (χ0n) is 18.1. The number of nitrogens with one attached hydrogen (secondary N) is 3. The minimum atomic E-state index is -0.941. The maximum Gasteiger partial charge on any atom is 0.338 e. The largest absolute Gasteiger partial charge is 0.462 e. The van der Waals surface area contributed by atoms with Gasteiger partial charge >= 0.3 is 23.1 Å². The van der Waals surface area contributed by atoms with Crippen LogP contribution in [0.3, 0.4) is 0 Å². The number of H-pyrrole nitrogens is 2. The SMILES string of the molecule is CCOC(=O)c1ccc(NC(=O)N(C)Cc2c(C)c([N+](=O)[O-])cc3[nH]c(=O)c(=O)[nH]c23)cc1. The van der Waals surface area contributed by atoms with E-state index in [4.69, 9.17) is 4.74 Å². The van der Waals surface area contributed by atoms with Crippen LogP contribution >= 0.6 is 0 Å². The van der Waals surface area contributed by atoms with Gasteiger partial charge in [-0.25, -0.2) is 9.59 Å². The molecule has 12 nitrogen and oxygen atoms in total. The van der Waals surface area contributed by atoms with Gasteiger partial charge in [-0.1, -0.05) is 0 Å². The zero-order valence-corrected chi connectivity index (χ0v) is 18.1. The van der Waals surface area contributed by atoms with Crippen LogP contribution in [0.25, 0.3) is 11.0 Å². The summed E-state index contributed by atoms with van der Waals surface area (Å²) in [6.45, 7) is 3.34. The Labute approximate surface area is 186 Å². The van der Waals surface area contributed by atoms with Gasteiger partial charge < -0.3 is 24.9 Å². The molecule has 3 aromatic rings. The van der Waals surface area contributed by atoms with Crippen LogP contribution in [0.15, 0.2) is 39.9 Å². The summed E-state index contributed by atoms with van der Waals surface area (Å²) >= 11 is 0. The van der Waals surface area contributed by atoms with Gasteiger partial charge in [-0.05, 0) is 38.1 Å². The second kappa shape index (κ2) is 9.34.